The number of hydrogen-bond acceptors (Lipinski definition) is 4. The molecule has 150 valence electrons. The highest BCUT2D eigenvalue weighted by Gasteiger charge is 2.07. The van der Waals surface area contributed by atoms with Crippen molar-refractivity contribution in [2.45, 2.75) is 53.4 Å². The van der Waals surface area contributed by atoms with Gasteiger partial charge in [-0.1, -0.05) is 28.9 Å². The van der Waals surface area contributed by atoms with Gasteiger partial charge in [0.1, 0.15) is 12.2 Å². The van der Waals surface area contributed by atoms with Gasteiger partial charge in [0, 0.05) is 17.5 Å². The summed E-state index contributed by atoms with van der Waals surface area (Å²) >= 11 is 0. The Kier molecular flexibility index (Phi) is 8.12. The predicted molar refractivity (Wildman–Crippen MR) is 115 cm³/mol. The molecule has 0 aliphatic heterocycles. The van der Waals surface area contributed by atoms with Crippen molar-refractivity contribution in [2.75, 3.05) is 6.61 Å². The smallest absolute Gasteiger partial charge is 0.336 e. The first-order valence-electron chi connectivity index (χ1n) is 9.69. The van der Waals surface area contributed by atoms with Gasteiger partial charge in [-0.05, 0) is 71.6 Å². The highest BCUT2D eigenvalue weighted by Crippen LogP contribution is 2.30. The molecule has 28 heavy (non-hydrogen) atoms. The van der Waals surface area contributed by atoms with Crippen molar-refractivity contribution in [3.05, 3.63) is 69.6 Å². The van der Waals surface area contributed by atoms with E-state index in [4.69, 9.17) is 9.15 Å². The van der Waals surface area contributed by atoms with Crippen LogP contribution in [0.25, 0.3) is 11.0 Å². The van der Waals surface area contributed by atoms with E-state index in [1.165, 1.54) is 28.9 Å². The Morgan fingerprint density at radius 3 is 2.39 bits per heavy atom. The number of rotatable bonds is 9. The zero-order valence-electron chi connectivity index (χ0n) is 17.2. The quantitative estimate of drug-likeness (QED) is 0.408. The van der Waals surface area contributed by atoms with E-state index < -0.39 is 5.63 Å². The maximum atomic E-state index is 11.3. The van der Waals surface area contributed by atoms with Crippen LogP contribution in [0.3, 0.4) is 0 Å². The average Bonchev–Trinajstić information content (AvgIpc) is 2.62. The first-order chi connectivity index (χ1) is 13.3. The van der Waals surface area contributed by atoms with Crippen LogP contribution in [0.1, 0.15) is 53.4 Å². The van der Waals surface area contributed by atoms with Crippen molar-refractivity contribution < 1.29 is 14.3 Å². The summed E-state index contributed by atoms with van der Waals surface area (Å²) in [7, 11) is 0. The van der Waals surface area contributed by atoms with Gasteiger partial charge in [0.25, 0.3) is 0 Å². The Morgan fingerprint density at radius 2 is 1.68 bits per heavy atom. The van der Waals surface area contributed by atoms with Gasteiger partial charge in [-0.3, -0.25) is 0 Å². The van der Waals surface area contributed by atoms with Crippen LogP contribution in [0.5, 0.6) is 11.5 Å². The van der Waals surface area contributed by atoms with Crippen LogP contribution < -0.4 is 10.4 Å². The maximum Gasteiger partial charge on any atom is 0.336 e. The molecule has 4 nitrogen and oxygen atoms in total. The first-order valence-corrected chi connectivity index (χ1v) is 9.69. The Balaban J connectivity index is 1.85. The highest BCUT2D eigenvalue weighted by atomic mass is 16.5. The zero-order valence-corrected chi connectivity index (χ0v) is 17.2. The van der Waals surface area contributed by atoms with Crippen molar-refractivity contribution in [1.82, 2.24) is 0 Å². The highest BCUT2D eigenvalue weighted by molar-refractivity contribution is 5.80. The topological polar surface area (TPSA) is 59.7 Å². The first kappa shape index (κ1) is 21.5. The third-order valence-electron chi connectivity index (χ3n) is 4.49. The number of fused-ring (bicyclic) bond motifs is 1. The van der Waals surface area contributed by atoms with Crippen LogP contribution in [0.4, 0.5) is 0 Å². The minimum absolute atomic E-state index is 0.0299. The summed E-state index contributed by atoms with van der Waals surface area (Å²) in [6.45, 7) is 8.87. The molecule has 0 radical (unpaired) electrons. The van der Waals surface area contributed by atoms with Gasteiger partial charge in [0.15, 0.2) is 11.5 Å². The maximum absolute atomic E-state index is 11.3. The molecule has 0 atom stereocenters. The monoisotopic (exact) mass is 382 g/mol. The molecule has 1 aromatic carbocycles. The van der Waals surface area contributed by atoms with Crippen LogP contribution in [0, 0.1) is 0 Å². The number of benzene rings is 1. The molecule has 1 aromatic heterocycles. The standard InChI is InChI=1S/C24H30O4/c1-17(2)7-5-8-18(3)9-6-10-19(4)13-14-27-23-16-22-20(15-21(23)25)11-12-24(26)28-22/h7,9,11-13,15-16,25H,5-6,8,10,14H2,1-4H3/b18-9+,19-13+. The van der Waals surface area contributed by atoms with Gasteiger partial charge in [-0.2, -0.15) is 0 Å². The van der Waals surface area contributed by atoms with E-state index in [-0.39, 0.29) is 5.75 Å². The fourth-order valence-corrected chi connectivity index (χ4v) is 2.81. The van der Waals surface area contributed by atoms with Gasteiger partial charge >= 0.3 is 5.63 Å². The molecule has 0 bridgehead atoms. The SMILES string of the molecule is CC(C)=CCC/C(C)=C/CC/C(C)=C/COc1cc2oc(=O)ccc2cc1O. The molecule has 0 amide bonds. The summed E-state index contributed by atoms with van der Waals surface area (Å²) in [5.41, 5.74) is 3.99. The lowest BCUT2D eigenvalue weighted by molar-refractivity contribution is 0.335. The molecule has 0 saturated carbocycles. The Labute approximate surface area is 166 Å². The van der Waals surface area contributed by atoms with E-state index in [1.54, 1.807) is 12.1 Å². The number of aromatic hydroxyl groups is 1. The molecular weight excluding hydrogens is 352 g/mol. The summed E-state index contributed by atoms with van der Waals surface area (Å²) in [6, 6.07) is 6.02. The second-order valence-electron chi connectivity index (χ2n) is 7.38. The molecule has 0 spiro atoms. The number of phenolic OH excluding ortho intramolecular Hbond substituents is 1. The second-order valence-corrected chi connectivity index (χ2v) is 7.38. The summed E-state index contributed by atoms with van der Waals surface area (Å²) in [5.74, 6) is 0.336. The van der Waals surface area contributed by atoms with Crippen LogP contribution in [-0.4, -0.2) is 11.7 Å². The Hall–Kier alpha value is -2.75. The van der Waals surface area contributed by atoms with Crippen molar-refractivity contribution in [2.24, 2.45) is 0 Å². The molecule has 4 heteroatoms. The fourth-order valence-electron chi connectivity index (χ4n) is 2.81. The molecule has 0 aliphatic carbocycles. The minimum Gasteiger partial charge on any atom is -0.504 e. The molecule has 0 fully saturated rings. The number of hydrogen-bond donors (Lipinski definition) is 1. The van der Waals surface area contributed by atoms with Gasteiger partial charge in [0.2, 0.25) is 0 Å². The van der Waals surface area contributed by atoms with Crippen LogP contribution in [0.15, 0.2) is 68.4 Å². The predicted octanol–water partition coefficient (Wildman–Crippen LogP) is 6.30. The molecule has 1 N–H and O–H groups in total. The van der Waals surface area contributed by atoms with Gasteiger partial charge in [-0.15, -0.1) is 0 Å². The van der Waals surface area contributed by atoms with Crippen LogP contribution in [-0.2, 0) is 0 Å². The molecule has 0 aliphatic rings. The Bertz CT molecular complexity index is 941. The molecule has 0 saturated heterocycles. The summed E-state index contributed by atoms with van der Waals surface area (Å²) < 4.78 is 10.8. The lowest BCUT2D eigenvalue weighted by Crippen LogP contribution is -1.97. The minimum atomic E-state index is -0.427. The summed E-state index contributed by atoms with van der Waals surface area (Å²) in [4.78, 5) is 11.3. The Morgan fingerprint density at radius 1 is 1.00 bits per heavy atom. The molecule has 1 heterocycles. The summed E-state index contributed by atoms with van der Waals surface area (Å²) in [6.07, 6.45) is 10.8. The lowest BCUT2D eigenvalue weighted by Gasteiger charge is -2.08. The average molecular weight is 383 g/mol. The normalized spacial score (nSPS) is 12.3. The number of allylic oxidation sites excluding steroid dienone is 5. The van der Waals surface area contributed by atoms with E-state index >= 15 is 0 Å². The lowest BCUT2D eigenvalue weighted by atomic mass is 10.1. The zero-order chi connectivity index (χ0) is 20.5. The number of ether oxygens (including phenoxy) is 1. The molecular formula is C24H30O4. The van der Waals surface area contributed by atoms with Crippen molar-refractivity contribution in [3.63, 3.8) is 0 Å². The molecule has 2 rings (SSSR count). The van der Waals surface area contributed by atoms with E-state index in [9.17, 15) is 9.90 Å². The van der Waals surface area contributed by atoms with Crippen LogP contribution in [0.2, 0.25) is 0 Å². The second kappa shape index (κ2) is 10.5. The van der Waals surface area contributed by atoms with Gasteiger partial charge in [0.05, 0.1) is 0 Å². The van der Waals surface area contributed by atoms with Crippen molar-refractivity contribution in [1.29, 1.82) is 0 Å². The van der Waals surface area contributed by atoms with Crippen LogP contribution >= 0.6 is 0 Å². The third-order valence-corrected chi connectivity index (χ3v) is 4.49. The molecule has 0 unspecified atom stereocenters. The summed E-state index contributed by atoms with van der Waals surface area (Å²) in [5, 5.41) is 10.7. The number of phenols is 1. The largest absolute Gasteiger partial charge is 0.504 e. The van der Waals surface area contributed by atoms with Crippen molar-refractivity contribution in [3.8, 4) is 11.5 Å². The van der Waals surface area contributed by atoms with E-state index in [2.05, 4.69) is 39.8 Å². The van der Waals surface area contributed by atoms with E-state index in [1.807, 2.05) is 6.08 Å². The van der Waals surface area contributed by atoms with Crippen molar-refractivity contribution >= 4 is 11.0 Å². The third kappa shape index (κ3) is 7.10. The van der Waals surface area contributed by atoms with Gasteiger partial charge < -0.3 is 14.3 Å². The van der Waals surface area contributed by atoms with E-state index in [0.29, 0.717) is 23.3 Å². The van der Waals surface area contributed by atoms with E-state index in [0.717, 1.165) is 25.7 Å². The van der Waals surface area contributed by atoms with Gasteiger partial charge in [-0.25, -0.2) is 4.79 Å². The fraction of sp³-hybridized carbons (Fsp3) is 0.375. The molecule has 2 aromatic rings.